The van der Waals surface area contributed by atoms with E-state index in [1.807, 2.05) is 0 Å². The van der Waals surface area contributed by atoms with Crippen molar-refractivity contribution in [1.82, 2.24) is 0 Å². The van der Waals surface area contributed by atoms with E-state index in [4.69, 9.17) is 19.2 Å². The summed E-state index contributed by atoms with van der Waals surface area (Å²) in [6, 6.07) is 0. The van der Waals surface area contributed by atoms with E-state index in [0.717, 1.165) is 0 Å². The number of phosphoric acid groups is 1. The molecule has 3 N–H and O–H groups in total. The molecule has 0 aliphatic heterocycles. The Morgan fingerprint density at radius 3 is 1.17 bits per heavy atom. The Kier molecular flexibility index (Phi) is 6.29. The summed E-state index contributed by atoms with van der Waals surface area (Å²) in [7, 11) is -4.64. The fourth-order valence-electron chi connectivity index (χ4n) is 0. The summed E-state index contributed by atoms with van der Waals surface area (Å²) in [4.78, 5) is 21.6. The summed E-state index contributed by atoms with van der Waals surface area (Å²) in [5.74, 6) is 0. The van der Waals surface area contributed by atoms with Crippen molar-refractivity contribution in [3.63, 3.8) is 0 Å². The first-order chi connectivity index (χ1) is 2.00. The summed E-state index contributed by atoms with van der Waals surface area (Å²) in [5.41, 5.74) is 0. The topological polar surface area (TPSA) is 77.8 Å². The molecule has 0 atom stereocenters. The Bertz CT molecular complexity index is 53.7. The zero-order chi connectivity index (χ0) is 4.50. The predicted octanol–water partition coefficient (Wildman–Crippen LogP) is -1.31. The van der Waals surface area contributed by atoms with Crippen LogP contribution in [0.25, 0.3) is 0 Å². The molecule has 0 unspecified atom stereocenters. The standard InChI is InChI=1S/H3O4P.Sr/c1-5(2,3)4;/h(H3,1,2,3,4);/q;+2. The SMILES string of the molecule is O=P(O)(O)O.[Sr+2]. The Hall–Kier alpha value is 1.59. The second-order valence-corrected chi connectivity index (χ2v) is 1.54. The maximum atomic E-state index is 8.88. The van der Waals surface area contributed by atoms with E-state index >= 15 is 0 Å². The zero-order valence-electron chi connectivity index (χ0n) is 2.90. The second kappa shape index (κ2) is 3.58. The molecule has 0 aromatic rings. The molecule has 6 heavy (non-hydrogen) atoms. The van der Waals surface area contributed by atoms with Gasteiger partial charge in [-0.25, -0.2) is 4.57 Å². The summed E-state index contributed by atoms with van der Waals surface area (Å²) in [6.07, 6.45) is 0. The van der Waals surface area contributed by atoms with Gasteiger partial charge in [0.1, 0.15) is 0 Å². The number of hydrogen-bond acceptors (Lipinski definition) is 1. The van der Waals surface area contributed by atoms with Crippen molar-refractivity contribution < 1.29 is 19.2 Å². The van der Waals surface area contributed by atoms with Crippen molar-refractivity contribution in [2.75, 3.05) is 0 Å². The van der Waals surface area contributed by atoms with Crippen LogP contribution in [0, 0.1) is 0 Å². The van der Waals surface area contributed by atoms with Crippen LogP contribution < -0.4 is 0 Å². The van der Waals surface area contributed by atoms with Crippen LogP contribution in [-0.4, -0.2) is 60.2 Å². The van der Waals surface area contributed by atoms with Gasteiger partial charge in [-0.05, 0) is 0 Å². The van der Waals surface area contributed by atoms with E-state index < -0.39 is 7.82 Å². The summed E-state index contributed by atoms with van der Waals surface area (Å²) < 4.78 is 8.88. The molecule has 0 fully saturated rings. The van der Waals surface area contributed by atoms with Gasteiger partial charge in [0.15, 0.2) is 0 Å². The van der Waals surface area contributed by atoms with Gasteiger partial charge in [0, 0.05) is 0 Å². The van der Waals surface area contributed by atoms with Crippen LogP contribution in [0.2, 0.25) is 0 Å². The Labute approximate surface area is 71.7 Å². The maximum absolute atomic E-state index is 8.88. The van der Waals surface area contributed by atoms with Gasteiger partial charge in [0.05, 0.1) is 0 Å². The van der Waals surface area contributed by atoms with Crippen LogP contribution in [0.1, 0.15) is 0 Å². The molecule has 4 nitrogen and oxygen atoms in total. The minimum absolute atomic E-state index is 0. The average Bonchev–Trinajstić information content (AvgIpc) is 0.722. The third-order valence-corrected chi connectivity index (χ3v) is 0. The predicted molar refractivity (Wildman–Crippen MR) is 20.0 cm³/mol. The molecule has 0 spiro atoms. The second-order valence-electron chi connectivity index (χ2n) is 0.513. The molecule has 32 valence electrons. The first-order valence-corrected chi connectivity index (χ1v) is 2.35. The number of rotatable bonds is 0. The molecule has 0 aliphatic carbocycles. The van der Waals surface area contributed by atoms with Crippen molar-refractivity contribution in [2.45, 2.75) is 0 Å². The fraction of sp³-hybridized carbons (Fsp3) is 0. The smallest absolute Gasteiger partial charge is 0.303 e. The van der Waals surface area contributed by atoms with Crippen molar-refractivity contribution >= 4 is 53.3 Å². The van der Waals surface area contributed by atoms with Crippen molar-refractivity contribution in [3.05, 3.63) is 0 Å². The molecule has 0 saturated carbocycles. The zero-order valence-corrected chi connectivity index (χ0v) is 7.27. The van der Waals surface area contributed by atoms with E-state index in [9.17, 15) is 0 Å². The molecule has 0 radical (unpaired) electrons. The Balaban J connectivity index is 0. The van der Waals surface area contributed by atoms with E-state index in [1.165, 1.54) is 0 Å². The molecule has 0 saturated heterocycles. The third-order valence-electron chi connectivity index (χ3n) is 0. The molecule has 0 aromatic carbocycles. The quantitative estimate of drug-likeness (QED) is 0.324. The van der Waals surface area contributed by atoms with E-state index in [-0.39, 0.29) is 45.5 Å². The van der Waals surface area contributed by atoms with Crippen LogP contribution in [0.3, 0.4) is 0 Å². The van der Waals surface area contributed by atoms with Gasteiger partial charge >= 0.3 is 53.3 Å². The summed E-state index contributed by atoms with van der Waals surface area (Å²) in [5, 5.41) is 0. The Morgan fingerprint density at radius 2 is 1.17 bits per heavy atom. The van der Waals surface area contributed by atoms with Crippen molar-refractivity contribution in [1.29, 1.82) is 0 Å². The van der Waals surface area contributed by atoms with Gasteiger partial charge in [-0.2, -0.15) is 0 Å². The van der Waals surface area contributed by atoms with Gasteiger partial charge < -0.3 is 14.7 Å². The molecular weight excluding hydrogens is 183 g/mol. The molecule has 6 heteroatoms. The van der Waals surface area contributed by atoms with Crippen LogP contribution in [-0.2, 0) is 4.57 Å². The van der Waals surface area contributed by atoms with Gasteiger partial charge in [0.2, 0.25) is 0 Å². The fourth-order valence-corrected chi connectivity index (χ4v) is 0. The Morgan fingerprint density at radius 1 is 1.17 bits per heavy atom. The van der Waals surface area contributed by atoms with Crippen LogP contribution in [0.4, 0.5) is 0 Å². The van der Waals surface area contributed by atoms with E-state index in [2.05, 4.69) is 0 Å². The molecular formula is H3O4PSr+2. The largest absolute Gasteiger partial charge is 2.00 e. The molecule has 0 heterocycles. The van der Waals surface area contributed by atoms with Gasteiger partial charge in [-0.3, -0.25) is 0 Å². The molecule has 0 aromatic heterocycles. The third kappa shape index (κ3) is 46.6. The monoisotopic (exact) mass is 186 g/mol. The molecule has 0 rings (SSSR count). The van der Waals surface area contributed by atoms with Gasteiger partial charge in [-0.1, -0.05) is 0 Å². The molecule has 0 amide bonds. The van der Waals surface area contributed by atoms with Crippen molar-refractivity contribution in [2.24, 2.45) is 0 Å². The molecule has 0 bridgehead atoms. The maximum Gasteiger partial charge on any atom is 2.00 e. The van der Waals surface area contributed by atoms with Crippen molar-refractivity contribution in [3.8, 4) is 0 Å². The van der Waals surface area contributed by atoms with Gasteiger partial charge in [0.25, 0.3) is 0 Å². The summed E-state index contributed by atoms with van der Waals surface area (Å²) >= 11 is 0. The van der Waals surface area contributed by atoms with E-state index in [1.54, 1.807) is 0 Å². The first-order valence-electron chi connectivity index (χ1n) is 0.783. The summed E-state index contributed by atoms with van der Waals surface area (Å²) in [6.45, 7) is 0. The van der Waals surface area contributed by atoms with Crippen LogP contribution >= 0.6 is 7.82 Å². The van der Waals surface area contributed by atoms with Gasteiger partial charge in [-0.15, -0.1) is 0 Å². The van der Waals surface area contributed by atoms with E-state index in [0.29, 0.717) is 0 Å². The molecule has 0 aliphatic rings. The van der Waals surface area contributed by atoms with Crippen LogP contribution in [0.5, 0.6) is 0 Å². The minimum Gasteiger partial charge on any atom is -0.303 e. The normalized spacial score (nSPS) is 9.83. The number of hydrogen-bond donors (Lipinski definition) is 3. The van der Waals surface area contributed by atoms with Crippen LogP contribution in [0.15, 0.2) is 0 Å². The first kappa shape index (κ1) is 10.5. The average molecular weight is 186 g/mol. The minimum atomic E-state index is -4.64.